The molecule has 2 atom stereocenters. The van der Waals surface area contributed by atoms with E-state index in [4.69, 9.17) is 0 Å². The molecule has 0 amide bonds. The fraction of sp³-hybridized carbons (Fsp3) is 1.00. The number of rotatable bonds is 7. The average Bonchev–Trinajstić information content (AvgIpc) is 2.08. The van der Waals surface area contributed by atoms with Crippen LogP contribution in [0.25, 0.3) is 0 Å². The maximum absolute atomic E-state index is 10.8. The van der Waals surface area contributed by atoms with Crippen LogP contribution in [0.2, 0.25) is 0 Å². The zero-order chi connectivity index (χ0) is 11.2. The van der Waals surface area contributed by atoms with Gasteiger partial charge in [-0.3, -0.25) is 0 Å². The van der Waals surface area contributed by atoms with Gasteiger partial charge in [0.25, 0.3) is 0 Å². The Bertz CT molecular complexity index is 240. The van der Waals surface area contributed by atoms with Crippen molar-refractivity contribution in [3.63, 3.8) is 0 Å². The molecule has 0 aromatic carbocycles. The van der Waals surface area contributed by atoms with E-state index in [9.17, 15) is 18.1 Å². The van der Waals surface area contributed by atoms with Crippen molar-refractivity contribution in [2.24, 2.45) is 0 Å². The number of aliphatic hydroxyl groups is 1. The van der Waals surface area contributed by atoms with Gasteiger partial charge in [0.15, 0.2) is 0 Å². The van der Waals surface area contributed by atoms with E-state index >= 15 is 0 Å². The van der Waals surface area contributed by atoms with Crippen LogP contribution in [0.3, 0.4) is 0 Å². The molecular weight excluding hydrogens is 243 g/mol. The third kappa shape index (κ3) is 8.26. The van der Waals surface area contributed by atoms with E-state index in [1.807, 2.05) is 6.92 Å². The van der Waals surface area contributed by atoms with E-state index in [-0.39, 0.29) is 57.8 Å². The summed E-state index contributed by atoms with van der Waals surface area (Å²) in [5.74, 6) is 0. The molecule has 0 saturated carbocycles. The van der Waals surface area contributed by atoms with E-state index in [2.05, 4.69) is 0 Å². The zero-order valence-electron chi connectivity index (χ0n) is 9.77. The molecule has 0 spiro atoms. The maximum Gasteiger partial charge on any atom is 1.00 e. The van der Waals surface area contributed by atoms with Gasteiger partial charge >= 0.3 is 51.4 Å². The minimum Gasteiger partial charge on any atom is -0.748 e. The summed E-state index contributed by atoms with van der Waals surface area (Å²) in [7, 11) is -4.36. The fourth-order valence-corrected chi connectivity index (χ4v) is 2.46. The molecule has 0 aromatic heterocycles. The van der Waals surface area contributed by atoms with Crippen molar-refractivity contribution in [3.05, 3.63) is 0 Å². The molecular formula is C9H19KO4S. The van der Waals surface area contributed by atoms with E-state index in [0.717, 1.165) is 12.8 Å². The molecule has 0 aromatic rings. The van der Waals surface area contributed by atoms with Crippen LogP contribution >= 0.6 is 0 Å². The Balaban J connectivity index is 0. The summed E-state index contributed by atoms with van der Waals surface area (Å²) >= 11 is 0. The van der Waals surface area contributed by atoms with Gasteiger partial charge in [-0.1, -0.05) is 33.1 Å². The van der Waals surface area contributed by atoms with E-state index in [1.54, 1.807) is 6.92 Å². The Labute approximate surface area is 135 Å². The molecule has 0 heterocycles. The SMILES string of the molecule is CCCCC(O)C(CCC)S(=O)(=O)[O-].[K+]. The predicted molar refractivity (Wildman–Crippen MR) is 53.9 cm³/mol. The zero-order valence-corrected chi connectivity index (χ0v) is 13.7. The second kappa shape index (κ2) is 9.53. The van der Waals surface area contributed by atoms with Crippen LogP contribution in [0, 0.1) is 0 Å². The van der Waals surface area contributed by atoms with Gasteiger partial charge < -0.3 is 9.66 Å². The number of hydrogen-bond acceptors (Lipinski definition) is 4. The van der Waals surface area contributed by atoms with Crippen molar-refractivity contribution in [2.45, 2.75) is 57.3 Å². The molecule has 0 saturated heterocycles. The summed E-state index contributed by atoms with van der Waals surface area (Å²) in [6.45, 7) is 3.75. The first-order chi connectivity index (χ1) is 6.43. The molecule has 0 fully saturated rings. The second-order valence-corrected chi connectivity index (χ2v) is 5.12. The summed E-state index contributed by atoms with van der Waals surface area (Å²) in [5.41, 5.74) is 0. The van der Waals surface area contributed by atoms with Gasteiger partial charge in [-0.2, -0.15) is 0 Å². The molecule has 4 nitrogen and oxygen atoms in total. The quantitative estimate of drug-likeness (QED) is 0.436. The molecule has 15 heavy (non-hydrogen) atoms. The first kappa shape index (κ1) is 18.9. The Hall–Kier alpha value is 1.51. The molecule has 0 bridgehead atoms. The first-order valence-electron chi connectivity index (χ1n) is 5.06. The van der Waals surface area contributed by atoms with Crippen LogP contribution in [0.1, 0.15) is 46.0 Å². The monoisotopic (exact) mass is 262 g/mol. The smallest absolute Gasteiger partial charge is 0.748 e. The van der Waals surface area contributed by atoms with Crippen LogP contribution in [-0.2, 0) is 10.1 Å². The molecule has 0 aliphatic rings. The van der Waals surface area contributed by atoms with Crippen molar-refractivity contribution in [1.29, 1.82) is 0 Å². The van der Waals surface area contributed by atoms with Gasteiger partial charge in [0, 0.05) is 0 Å². The van der Waals surface area contributed by atoms with E-state index < -0.39 is 21.5 Å². The third-order valence-corrected chi connectivity index (χ3v) is 3.52. The minimum atomic E-state index is -4.36. The van der Waals surface area contributed by atoms with Crippen molar-refractivity contribution >= 4 is 10.1 Å². The van der Waals surface area contributed by atoms with Crippen LogP contribution in [0.15, 0.2) is 0 Å². The number of hydrogen-bond donors (Lipinski definition) is 1. The van der Waals surface area contributed by atoms with Crippen LogP contribution in [0.5, 0.6) is 0 Å². The Morgan fingerprint density at radius 2 is 1.73 bits per heavy atom. The average molecular weight is 262 g/mol. The van der Waals surface area contributed by atoms with Crippen molar-refractivity contribution in [3.8, 4) is 0 Å². The van der Waals surface area contributed by atoms with Crippen molar-refractivity contribution in [2.75, 3.05) is 0 Å². The van der Waals surface area contributed by atoms with Crippen molar-refractivity contribution < 1.29 is 69.5 Å². The van der Waals surface area contributed by atoms with Crippen LogP contribution < -0.4 is 51.4 Å². The Morgan fingerprint density at radius 3 is 2.07 bits per heavy atom. The third-order valence-electron chi connectivity index (χ3n) is 2.23. The van der Waals surface area contributed by atoms with Gasteiger partial charge in [0.1, 0.15) is 10.1 Å². The molecule has 0 aliphatic carbocycles. The molecule has 0 radical (unpaired) electrons. The normalized spacial score (nSPS) is 15.5. The topological polar surface area (TPSA) is 77.4 Å². The molecule has 2 unspecified atom stereocenters. The predicted octanol–water partition coefficient (Wildman–Crippen LogP) is -1.74. The van der Waals surface area contributed by atoms with Gasteiger partial charge in [0.05, 0.1) is 11.4 Å². The molecule has 0 aliphatic heterocycles. The van der Waals surface area contributed by atoms with Crippen LogP contribution in [0.4, 0.5) is 0 Å². The first-order valence-corrected chi connectivity index (χ1v) is 6.53. The molecule has 1 N–H and O–H groups in total. The molecule has 86 valence electrons. The summed E-state index contributed by atoms with van der Waals surface area (Å²) in [4.78, 5) is 0. The standard InChI is InChI=1S/C9H20O4S.K/c1-3-5-7-8(10)9(6-4-2)14(11,12)13;/h8-10H,3-7H2,1-2H3,(H,11,12,13);/q;+1/p-1. The molecule has 0 rings (SSSR count). The minimum absolute atomic E-state index is 0. The van der Waals surface area contributed by atoms with Gasteiger partial charge in [0.2, 0.25) is 0 Å². The van der Waals surface area contributed by atoms with Gasteiger partial charge in [-0.15, -0.1) is 0 Å². The van der Waals surface area contributed by atoms with E-state index in [1.165, 1.54) is 0 Å². The van der Waals surface area contributed by atoms with Crippen LogP contribution in [-0.4, -0.2) is 29.4 Å². The summed E-state index contributed by atoms with van der Waals surface area (Å²) in [6, 6.07) is 0. The summed E-state index contributed by atoms with van der Waals surface area (Å²) < 4.78 is 32.4. The van der Waals surface area contributed by atoms with Gasteiger partial charge in [-0.05, 0) is 12.8 Å². The summed E-state index contributed by atoms with van der Waals surface area (Å²) in [5, 5.41) is 8.40. The number of unbranched alkanes of at least 4 members (excludes halogenated alkanes) is 1. The molecule has 6 heteroatoms. The largest absolute Gasteiger partial charge is 1.00 e. The van der Waals surface area contributed by atoms with Crippen molar-refractivity contribution in [1.82, 2.24) is 0 Å². The maximum atomic E-state index is 10.8. The second-order valence-electron chi connectivity index (χ2n) is 3.53. The Morgan fingerprint density at radius 1 is 1.20 bits per heavy atom. The summed E-state index contributed by atoms with van der Waals surface area (Å²) in [6.07, 6.45) is 1.86. The van der Waals surface area contributed by atoms with E-state index in [0.29, 0.717) is 12.8 Å². The number of aliphatic hydroxyl groups excluding tert-OH is 1. The van der Waals surface area contributed by atoms with Gasteiger partial charge in [-0.25, -0.2) is 8.42 Å². The Kier molecular flexibility index (Phi) is 12.0. The fourth-order valence-electron chi connectivity index (χ4n) is 1.41.